The summed E-state index contributed by atoms with van der Waals surface area (Å²) in [7, 11) is 3.13. The molecule has 0 spiro atoms. The Hall–Kier alpha value is -2.74. The van der Waals surface area contributed by atoms with Gasteiger partial charge in [0.2, 0.25) is 0 Å². The van der Waals surface area contributed by atoms with E-state index in [1.807, 2.05) is 0 Å². The number of methoxy groups -OCH3 is 2. The molecule has 2 aromatic rings. The molecule has 8 heteroatoms. The fourth-order valence-corrected chi connectivity index (χ4v) is 3.65. The van der Waals surface area contributed by atoms with Crippen LogP contribution >= 0.6 is 11.6 Å². The van der Waals surface area contributed by atoms with Crippen molar-refractivity contribution in [3.63, 3.8) is 0 Å². The first-order valence-corrected chi connectivity index (χ1v) is 10.2. The number of hydrogen-bond donors (Lipinski definition) is 0. The molecule has 31 heavy (non-hydrogen) atoms. The Morgan fingerprint density at radius 3 is 2.16 bits per heavy atom. The molecule has 0 bridgehead atoms. The Bertz CT molecular complexity index is 999. The normalized spacial score (nSPS) is 14.0. The van der Waals surface area contributed by atoms with Crippen molar-refractivity contribution >= 4 is 34.7 Å². The van der Waals surface area contributed by atoms with Crippen LogP contribution in [0.4, 0.5) is 10.1 Å². The predicted octanol–water partition coefficient (Wildman–Crippen LogP) is 3.67. The topological polar surface area (TPSA) is 59.1 Å². The van der Waals surface area contributed by atoms with Crippen LogP contribution in [0.1, 0.15) is 11.1 Å². The number of halogens is 2. The summed E-state index contributed by atoms with van der Waals surface area (Å²) in [6.45, 7) is 3.20. The van der Waals surface area contributed by atoms with E-state index in [1.165, 1.54) is 24.3 Å². The third kappa shape index (κ3) is 4.63. The molecule has 1 aliphatic rings. The molecule has 0 radical (unpaired) electrons. The number of carbonyl (C=O) groups excluding carboxylic acids is 2. The van der Waals surface area contributed by atoms with Crippen molar-refractivity contribution < 1.29 is 23.5 Å². The third-order valence-electron chi connectivity index (χ3n) is 5.12. The maximum atomic E-state index is 13.6. The van der Waals surface area contributed by atoms with Crippen molar-refractivity contribution in [3.05, 3.63) is 70.1 Å². The number of nitrogens with zero attached hydrogens (tertiary/aromatic N) is 2. The van der Waals surface area contributed by atoms with Crippen LogP contribution in [0.3, 0.4) is 0 Å². The van der Waals surface area contributed by atoms with Crippen LogP contribution in [-0.2, 0) is 19.1 Å². The van der Waals surface area contributed by atoms with Gasteiger partial charge >= 0.3 is 0 Å². The average Bonchev–Trinajstić information content (AvgIpc) is 3.01. The molecular weight excluding hydrogens is 423 g/mol. The lowest BCUT2D eigenvalue weighted by Gasteiger charge is -2.26. The average molecular weight is 447 g/mol. The van der Waals surface area contributed by atoms with Gasteiger partial charge in [-0.2, -0.15) is 0 Å². The zero-order valence-electron chi connectivity index (χ0n) is 17.7. The van der Waals surface area contributed by atoms with E-state index in [9.17, 15) is 14.0 Å². The van der Waals surface area contributed by atoms with E-state index in [4.69, 9.17) is 21.1 Å². The first kappa shape index (κ1) is 22.9. The molecule has 0 aromatic heterocycles. The summed E-state index contributed by atoms with van der Waals surface area (Å²) >= 11 is 6.25. The Kier molecular flexibility index (Phi) is 7.43. The van der Waals surface area contributed by atoms with Crippen molar-refractivity contribution in [3.8, 4) is 0 Å². The van der Waals surface area contributed by atoms with Crippen LogP contribution in [0.25, 0.3) is 5.57 Å². The maximum Gasteiger partial charge on any atom is 0.282 e. The van der Waals surface area contributed by atoms with Crippen molar-refractivity contribution in [1.82, 2.24) is 4.90 Å². The molecule has 164 valence electrons. The number of benzene rings is 2. The highest BCUT2D eigenvalue weighted by Crippen LogP contribution is 2.37. The van der Waals surface area contributed by atoms with E-state index in [2.05, 4.69) is 0 Å². The quantitative estimate of drug-likeness (QED) is 0.550. The van der Waals surface area contributed by atoms with Crippen molar-refractivity contribution in [2.75, 3.05) is 45.4 Å². The number of imide groups is 1. The Morgan fingerprint density at radius 2 is 1.58 bits per heavy atom. The number of carbonyl (C=O) groups is 2. The summed E-state index contributed by atoms with van der Waals surface area (Å²) in [5.41, 5.74) is 1.92. The van der Waals surface area contributed by atoms with Gasteiger partial charge in [-0.1, -0.05) is 29.8 Å². The lowest BCUT2D eigenvalue weighted by atomic mass is 10.0. The highest BCUT2D eigenvalue weighted by atomic mass is 35.5. The van der Waals surface area contributed by atoms with Gasteiger partial charge in [0, 0.05) is 32.3 Å². The Balaban J connectivity index is 2.16. The smallest absolute Gasteiger partial charge is 0.282 e. The van der Waals surface area contributed by atoms with Gasteiger partial charge in [0.25, 0.3) is 11.8 Å². The molecule has 0 aliphatic carbocycles. The second-order valence-corrected chi connectivity index (χ2v) is 7.44. The fourth-order valence-electron chi connectivity index (χ4n) is 3.48. The molecular formula is C23H24ClFN2O4. The minimum atomic E-state index is -0.489. The number of rotatable bonds is 9. The third-order valence-corrected chi connectivity index (χ3v) is 5.53. The summed E-state index contributed by atoms with van der Waals surface area (Å²) in [4.78, 5) is 30.1. The van der Waals surface area contributed by atoms with E-state index in [0.717, 1.165) is 4.90 Å². The highest BCUT2D eigenvalue weighted by Gasteiger charge is 2.43. The molecule has 0 saturated heterocycles. The number of hydrogen-bond acceptors (Lipinski definition) is 5. The van der Waals surface area contributed by atoms with Crippen LogP contribution in [-0.4, -0.2) is 57.2 Å². The lowest BCUT2D eigenvalue weighted by molar-refractivity contribution is -0.120. The van der Waals surface area contributed by atoms with Gasteiger partial charge in [0.05, 0.1) is 24.5 Å². The summed E-state index contributed by atoms with van der Waals surface area (Å²) in [5.74, 6) is -1.39. The van der Waals surface area contributed by atoms with Crippen LogP contribution in [0.2, 0.25) is 5.02 Å². The Morgan fingerprint density at radius 1 is 0.968 bits per heavy atom. The molecule has 1 aliphatic heterocycles. The summed E-state index contributed by atoms with van der Waals surface area (Å²) < 4.78 is 23.9. The molecule has 0 saturated carbocycles. The maximum absolute atomic E-state index is 13.6. The minimum absolute atomic E-state index is 0.205. The largest absolute Gasteiger partial charge is 0.383 e. The highest BCUT2D eigenvalue weighted by molar-refractivity contribution is 6.46. The summed E-state index contributed by atoms with van der Waals surface area (Å²) in [6, 6.07) is 10.6. The fraction of sp³-hybridized carbons (Fsp3) is 0.304. The van der Waals surface area contributed by atoms with Gasteiger partial charge in [-0.05, 0) is 42.3 Å². The molecule has 0 unspecified atom stereocenters. The van der Waals surface area contributed by atoms with Crippen LogP contribution in [0.5, 0.6) is 0 Å². The van der Waals surface area contributed by atoms with E-state index in [0.29, 0.717) is 48.1 Å². The first-order valence-electron chi connectivity index (χ1n) is 9.77. The molecule has 0 fully saturated rings. The standard InChI is InChI=1S/C23H24ClFN2O4/c1-15-18(24)5-4-6-19(15)27-22(28)20(16-7-9-17(25)10-8-16)21(23(27)29)26(11-13-30-2)12-14-31-3/h4-10H,11-14H2,1-3H3. The van der Waals surface area contributed by atoms with E-state index in [-0.39, 0.29) is 11.3 Å². The van der Waals surface area contributed by atoms with Gasteiger partial charge < -0.3 is 14.4 Å². The molecule has 0 N–H and O–H groups in total. The molecule has 2 amide bonds. The Labute approximate surface area is 185 Å². The van der Waals surface area contributed by atoms with Crippen LogP contribution in [0, 0.1) is 12.7 Å². The minimum Gasteiger partial charge on any atom is -0.383 e. The summed E-state index contributed by atoms with van der Waals surface area (Å²) in [5, 5.41) is 0.450. The van der Waals surface area contributed by atoms with Crippen LogP contribution in [0.15, 0.2) is 48.2 Å². The second kappa shape index (κ2) is 10.0. The number of ether oxygens (including phenoxy) is 2. The molecule has 1 heterocycles. The van der Waals surface area contributed by atoms with Gasteiger partial charge in [0.1, 0.15) is 11.5 Å². The SMILES string of the molecule is COCCN(CCOC)C1=C(c2ccc(F)cc2)C(=O)N(c2cccc(Cl)c2C)C1=O. The van der Waals surface area contributed by atoms with E-state index < -0.39 is 17.6 Å². The number of anilines is 1. The zero-order chi connectivity index (χ0) is 22.5. The molecule has 2 aromatic carbocycles. The molecule has 6 nitrogen and oxygen atoms in total. The van der Waals surface area contributed by atoms with Gasteiger partial charge in [-0.3, -0.25) is 9.59 Å². The molecule has 0 atom stereocenters. The van der Waals surface area contributed by atoms with Crippen molar-refractivity contribution in [2.24, 2.45) is 0 Å². The lowest BCUT2D eigenvalue weighted by Crippen LogP contribution is -2.38. The van der Waals surface area contributed by atoms with Gasteiger partial charge in [-0.15, -0.1) is 0 Å². The van der Waals surface area contributed by atoms with Gasteiger partial charge in [0.15, 0.2) is 0 Å². The summed E-state index contributed by atoms with van der Waals surface area (Å²) in [6.07, 6.45) is 0. The van der Waals surface area contributed by atoms with Crippen LogP contribution < -0.4 is 4.90 Å². The zero-order valence-corrected chi connectivity index (χ0v) is 18.4. The second-order valence-electron chi connectivity index (χ2n) is 7.03. The van der Waals surface area contributed by atoms with Crippen molar-refractivity contribution in [2.45, 2.75) is 6.92 Å². The van der Waals surface area contributed by atoms with E-state index in [1.54, 1.807) is 44.2 Å². The first-order chi connectivity index (χ1) is 14.9. The van der Waals surface area contributed by atoms with E-state index >= 15 is 0 Å². The van der Waals surface area contributed by atoms with Crippen molar-refractivity contribution in [1.29, 1.82) is 0 Å². The number of amides is 2. The monoisotopic (exact) mass is 446 g/mol. The molecule has 3 rings (SSSR count). The predicted molar refractivity (Wildman–Crippen MR) is 117 cm³/mol. The van der Waals surface area contributed by atoms with Gasteiger partial charge in [-0.25, -0.2) is 9.29 Å².